The molecule has 0 fully saturated rings. The third-order valence-corrected chi connectivity index (χ3v) is 3.80. The molecule has 132 valence electrons. The van der Waals surface area contributed by atoms with E-state index in [1.54, 1.807) is 48.8 Å². The van der Waals surface area contributed by atoms with Gasteiger partial charge >= 0.3 is 0 Å². The smallest absolute Gasteiger partial charge is 0.274 e. The molecule has 3 rings (SSSR count). The molecule has 0 spiro atoms. The minimum atomic E-state index is -0.301. The van der Waals surface area contributed by atoms with Crippen LogP contribution in [-0.2, 0) is 0 Å². The van der Waals surface area contributed by atoms with Gasteiger partial charge in [-0.25, -0.2) is 0 Å². The second kappa shape index (κ2) is 7.97. The summed E-state index contributed by atoms with van der Waals surface area (Å²) in [4.78, 5) is 20.9. The minimum absolute atomic E-state index is 0.0635. The van der Waals surface area contributed by atoms with Crippen LogP contribution in [-0.4, -0.2) is 22.0 Å². The monoisotopic (exact) mass is 367 g/mol. The van der Waals surface area contributed by atoms with E-state index in [9.17, 15) is 4.79 Å². The minimum Gasteiger partial charge on any atom is -0.491 e. The summed E-state index contributed by atoms with van der Waals surface area (Å²) >= 11 is 6.14. The summed E-state index contributed by atoms with van der Waals surface area (Å²) in [6.45, 7) is 3.90. The largest absolute Gasteiger partial charge is 0.491 e. The van der Waals surface area contributed by atoms with Crippen molar-refractivity contribution in [2.45, 2.75) is 20.0 Å². The van der Waals surface area contributed by atoms with Crippen LogP contribution in [0, 0.1) is 0 Å². The van der Waals surface area contributed by atoms with Gasteiger partial charge in [0.2, 0.25) is 0 Å². The van der Waals surface area contributed by atoms with Crippen molar-refractivity contribution in [2.24, 2.45) is 0 Å². The Morgan fingerprint density at radius 3 is 2.65 bits per heavy atom. The average Bonchev–Trinajstić information content (AvgIpc) is 2.62. The van der Waals surface area contributed by atoms with Crippen molar-refractivity contribution in [3.8, 4) is 17.0 Å². The summed E-state index contributed by atoms with van der Waals surface area (Å²) < 4.78 is 5.63. The van der Waals surface area contributed by atoms with Crippen LogP contribution in [0.15, 0.2) is 60.9 Å². The fourth-order valence-corrected chi connectivity index (χ4v) is 2.61. The Morgan fingerprint density at radius 1 is 1.12 bits per heavy atom. The molecule has 1 N–H and O–H groups in total. The summed E-state index contributed by atoms with van der Waals surface area (Å²) in [6.07, 6.45) is 3.31. The van der Waals surface area contributed by atoms with Gasteiger partial charge in [-0.05, 0) is 50.2 Å². The van der Waals surface area contributed by atoms with Crippen molar-refractivity contribution in [3.05, 3.63) is 71.6 Å². The highest BCUT2D eigenvalue weighted by Crippen LogP contribution is 2.24. The van der Waals surface area contributed by atoms with Crippen molar-refractivity contribution in [1.29, 1.82) is 0 Å². The van der Waals surface area contributed by atoms with E-state index in [0.717, 1.165) is 5.56 Å². The maximum Gasteiger partial charge on any atom is 0.274 e. The number of benzene rings is 1. The van der Waals surface area contributed by atoms with Gasteiger partial charge < -0.3 is 10.1 Å². The molecule has 3 aromatic rings. The van der Waals surface area contributed by atoms with Crippen LogP contribution in [0.2, 0.25) is 5.02 Å². The lowest BCUT2D eigenvalue weighted by molar-refractivity contribution is 0.102. The lowest BCUT2D eigenvalue weighted by atomic mass is 10.1. The van der Waals surface area contributed by atoms with Crippen LogP contribution >= 0.6 is 11.6 Å². The molecule has 0 aliphatic rings. The Morgan fingerprint density at radius 2 is 1.96 bits per heavy atom. The van der Waals surface area contributed by atoms with Crippen molar-refractivity contribution >= 4 is 23.2 Å². The van der Waals surface area contributed by atoms with Gasteiger partial charge in [-0.3, -0.25) is 14.8 Å². The van der Waals surface area contributed by atoms with E-state index in [-0.39, 0.29) is 12.0 Å². The topological polar surface area (TPSA) is 64.1 Å². The zero-order valence-electron chi connectivity index (χ0n) is 14.4. The molecule has 0 aliphatic carbocycles. The van der Waals surface area contributed by atoms with E-state index >= 15 is 0 Å². The van der Waals surface area contributed by atoms with E-state index < -0.39 is 0 Å². The van der Waals surface area contributed by atoms with E-state index in [0.29, 0.717) is 27.8 Å². The third-order valence-electron chi connectivity index (χ3n) is 3.49. The number of aromatic nitrogens is 2. The highest BCUT2D eigenvalue weighted by molar-refractivity contribution is 6.33. The molecule has 26 heavy (non-hydrogen) atoms. The van der Waals surface area contributed by atoms with Crippen molar-refractivity contribution < 1.29 is 9.53 Å². The summed E-state index contributed by atoms with van der Waals surface area (Å²) in [5.74, 6) is 0.399. The number of anilines is 1. The molecule has 1 amide bonds. The number of hydrogen-bond acceptors (Lipinski definition) is 4. The maximum atomic E-state index is 12.4. The summed E-state index contributed by atoms with van der Waals surface area (Å²) in [7, 11) is 0. The van der Waals surface area contributed by atoms with Crippen molar-refractivity contribution in [2.75, 3.05) is 5.32 Å². The standard InChI is InChI=1S/C20H18ClN3O2/c1-13(2)26-16-6-3-5-15(11-16)24-20(25)18-9-8-14(12-23-18)19-17(21)7-4-10-22-19/h3-13H,1-2H3,(H,24,25). The van der Waals surface area contributed by atoms with E-state index in [4.69, 9.17) is 16.3 Å². The molecule has 0 saturated heterocycles. The van der Waals surface area contributed by atoms with Crippen molar-refractivity contribution in [3.63, 3.8) is 0 Å². The third kappa shape index (κ3) is 4.37. The van der Waals surface area contributed by atoms with Gasteiger partial charge in [0.1, 0.15) is 11.4 Å². The van der Waals surface area contributed by atoms with Crippen LogP contribution in [0.3, 0.4) is 0 Å². The number of pyridine rings is 2. The summed E-state index contributed by atoms with van der Waals surface area (Å²) in [6, 6.07) is 14.2. The first kappa shape index (κ1) is 17.9. The molecular weight excluding hydrogens is 350 g/mol. The Balaban J connectivity index is 1.74. The molecule has 1 aromatic carbocycles. The van der Waals surface area contributed by atoms with Crippen LogP contribution in [0.4, 0.5) is 5.69 Å². The molecule has 0 unspecified atom stereocenters. The predicted molar refractivity (Wildman–Crippen MR) is 103 cm³/mol. The fourth-order valence-electron chi connectivity index (χ4n) is 2.38. The van der Waals surface area contributed by atoms with Gasteiger partial charge in [0.25, 0.3) is 5.91 Å². The molecule has 2 aromatic heterocycles. The average molecular weight is 368 g/mol. The summed E-state index contributed by atoms with van der Waals surface area (Å²) in [5, 5.41) is 3.35. The van der Waals surface area contributed by atoms with E-state index in [1.165, 1.54) is 0 Å². The van der Waals surface area contributed by atoms with Crippen molar-refractivity contribution in [1.82, 2.24) is 9.97 Å². The number of nitrogens with zero attached hydrogens (tertiary/aromatic N) is 2. The molecule has 0 radical (unpaired) electrons. The summed E-state index contributed by atoms with van der Waals surface area (Å²) in [5.41, 5.74) is 2.33. The van der Waals surface area contributed by atoms with Gasteiger partial charge in [0.15, 0.2) is 0 Å². The molecule has 0 aliphatic heterocycles. The van der Waals surface area contributed by atoms with Crippen LogP contribution in [0.25, 0.3) is 11.3 Å². The Hall–Kier alpha value is -2.92. The lowest BCUT2D eigenvalue weighted by Gasteiger charge is -2.11. The number of rotatable bonds is 5. The predicted octanol–water partition coefficient (Wildman–Crippen LogP) is 4.84. The Kier molecular flexibility index (Phi) is 5.49. The molecule has 0 saturated carbocycles. The van der Waals surface area contributed by atoms with Gasteiger partial charge in [0.05, 0.1) is 16.8 Å². The molecule has 0 bridgehead atoms. The Bertz CT molecular complexity index is 911. The quantitative estimate of drug-likeness (QED) is 0.701. The van der Waals surface area contributed by atoms with Gasteiger partial charge in [-0.15, -0.1) is 0 Å². The molecule has 6 heteroatoms. The van der Waals surface area contributed by atoms with E-state index in [1.807, 2.05) is 26.0 Å². The number of ether oxygens (including phenoxy) is 1. The van der Waals surface area contributed by atoms with Gasteiger partial charge in [-0.1, -0.05) is 17.7 Å². The van der Waals surface area contributed by atoms with Crippen LogP contribution < -0.4 is 10.1 Å². The maximum absolute atomic E-state index is 12.4. The molecule has 2 heterocycles. The molecule has 0 atom stereocenters. The van der Waals surface area contributed by atoms with Crippen LogP contribution in [0.1, 0.15) is 24.3 Å². The second-order valence-electron chi connectivity index (χ2n) is 5.91. The molecular formula is C20H18ClN3O2. The van der Waals surface area contributed by atoms with Crippen LogP contribution in [0.5, 0.6) is 5.75 Å². The fraction of sp³-hybridized carbons (Fsp3) is 0.150. The number of carbonyl (C=O) groups is 1. The lowest BCUT2D eigenvalue weighted by Crippen LogP contribution is -2.14. The number of nitrogens with one attached hydrogen (secondary N) is 1. The van der Waals surface area contributed by atoms with E-state index in [2.05, 4.69) is 15.3 Å². The van der Waals surface area contributed by atoms with Gasteiger partial charge in [0, 0.05) is 29.7 Å². The number of amides is 1. The first-order valence-corrected chi connectivity index (χ1v) is 8.56. The second-order valence-corrected chi connectivity index (χ2v) is 6.32. The SMILES string of the molecule is CC(C)Oc1cccc(NC(=O)c2ccc(-c3ncccc3Cl)cn2)c1. The number of hydrogen-bond donors (Lipinski definition) is 1. The normalized spacial score (nSPS) is 10.6. The molecule has 5 nitrogen and oxygen atoms in total. The first-order valence-electron chi connectivity index (χ1n) is 8.18. The zero-order valence-corrected chi connectivity index (χ0v) is 15.2. The number of halogens is 1. The highest BCUT2D eigenvalue weighted by Gasteiger charge is 2.10. The first-order chi connectivity index (χ1) is 12.5. The Labute approximate surface area is 157 Å². The zero-order chi connectivity index (χ0) is 18.5. The highest BCUT2D eigenvalue weighted by atomic mass is 35.5. The number of carbonyl (C=O) groups excluding carboxylic acids is 1. The van der Waals surface area contributed by atoms with Gasteiger partial charge in [-0.2, -0.15) is 0 Å².